The molecule has 2 aromatic rings. The van der Waals surface area contributed by atoms with Gasteiger partial charge in [-0.25, -0.2) is 0 Å². The standard InChI is InChI=1S/C23H29ClN4O2/c1-18(19-7-3-2-4-8-19)15-25-22(29)16-27-11-13-28(14-12-27)17-23(30)26-21-10-6-5-9-20(21)24/h2-10,18H,11-17H2,1H3,(H,25,29)(H,26,30)/t18-/m1/s1. The van der Waals surface area contributed by atoms with Gasteiger partial charge in [-0.05, 0) is 23.6 Å². The number of hydrogen-bond donors (Lipinski definition) is 2. The second kappa shape index (κ2) is 11.1. The van der Waals surface area contributed by atoms with Crippen LogP contribution in [0.3, 0.4) is 0 Å². The van der Waals surface area contributed by atoms with E-state index in [0.29, 0.717) is 30.3 Å². The molecule has 1 saturated heterocycles. The van der Waals surface area contributed by atoms with Crippen molar-refractivity contribution >= 4 is 29.1 Å². The average Bonchev–Trinajstić information content (AvgIpc) is 2.75. The van der Waals surface area contributed by atoms with Crippen molar-refractivity contribution in [3.05, 3.63) is 65.2 Å². The molecule has 160 valence electrons. The van der Waals surface area contributed by atoms with Crippen LogP contribution in [0.2, 0.25) is 5.02 Å². The Bertz CT molecular complexity index is 838. The minimum Gasteiger partial charge on any atom is -0.354 e. The lowest BCUT2D eigenvalue weighted by molar-refractivity contribution is -0.123. The van der Waals surface area contributed by atoms with Crippen molar-refractivity contribution in [1.29, 1.82) is 0 Å². The van der Waals surface area contributed by atoms with E-state index in [0.717, 1.165) is 26.2 Å². The molecule has 1 fully saturated rings. The summed E-state index contributed by atoms with van der Waals surface area (Å²) in [5, 5.41) is 6.42. The number of piperazine rings is 1. The van der Waals surface area contributed by atoms with Crippen LogP contribution in [0.1, 0.15) is 18.4 Å². The molecule has 2 N–H and O–H groups in total. The number of nitrogens with zero attached hydrogens (tertiary/aromatic N) is 2. The lowest BCUT2D eigenvalue weighted by atomic mass is 10.0. The Morgan fingerprint density at radius 1 is 0.900 bits per heavy atom. The van der Waals surface area contributed by atoms with Crippen molar-refractivity contribution in [2.24, 2.45) is 0 Å². The van der Waals surface area contributed by atoms with E-state index >= 15 is 0 Å². The number of hydrogen-bond acceptors (Lipinski definition) is 4. The van der Waals surface area contributed by atoms with Crippen LogP contribution in [-0.4, -0.2) is 67.4 Å². The van der Waals surface area contributed by atoms with Gasteiger partial charge in [-0.1, -0.05) is 61.0 Å². The predicted molar refractivity (Wildman–Crippen MR) is 121 cm³/mol. The number of carbonyl (C=O) groups is 2. The van der Waals surface area contributed by atoms with E-state index in [4.69, 9.17) is 11.6 Å². The lowest BCUT2D eigenvalue weighted by Crippen LogP contribution is -2.51. The van der Waals surface area contributed by atoms with Crippen LogP contribution in [0.4, 0.5) is 5.69 Å². The molecule has 0 aromatic heterocycles. The summed E-state index contributed by atoms with van der Waals surface area (Å²) in [6, 6.07) is 17.4. The molecule has 3 rings (SSSR count). The number of halogens is 1. The fourth-order valence-electron chi connectivity index (χ4n) is 3.49. The van der Waals surface area contributed by atoms with Crippen LogP contribution in [0, 0.1) is 0 Å². The van der Waals surface area contributed by atoms with Gasteiger partial charge in [-0.3, -0.25) is 19.4 Å². The first kappa shape index (κ1) is 22.3. The van der Waals surface area contributed by atoms with Gasteiger partial charge in [0.25, 0.3) is 0 Å². The predicted octanol–water partition coefficient (Wildman–Crippen LogP) is 2.82. The zero-order valence-corrected chi connectivity index (χ0v) is 18.1. The van der Waals surface area contributed by atoms with Gasteiger partial charge >= 0.3 is 0 Å². The quantitative estimate of drug-likeness (QED) is 0.678. The molecule has 1 aliphatic heterocycles. The number of para-hydroxylation sites is 1. The first-order valence-electron chi connectivity index (χ1n) is 10.3. The van der Waals surface area contributed by atoms with Crippen LogP contribution in [-0.2, 0) is 9.59 Å². The van der Waals surface area contributed by atoms with Gasteiger partial charge in [-0.2, -0.15) is 0 Å². The number of anilines is 1. The van der Waals surface area contributed by atoms with Gasteiger partial charge in [0.05, 0.1) is 23.8 Å². The van der Waals surface area contributed by atoms with E-state index in [1.165, 1.54) is 5.56 Å². The zero-order chi connectivity index (χ0) is 21.3. The number of carbonyl (C=O) groups excluding carboxylic acids is 2. The molecule has 6 nitrogen and oxygen atoms in total. The summed E-state index contributed by atoms with van der Waals surface area (Å²) in [7, 11) is 0. The van der Waals surface area contributed by atoms with Gasteiger partial charge in [0.15, 0.2) is 0 Å². The van der Waals surface area contributed by atoms with Crippen molar-refractivity contribution in [2.75, 3.05) is 51.1 Å². The summed E-state index contributed by atoms with van der Waals surface area (Å²) in [4.78, 5) is 28.8. The average molecular weight is 429 g/mol. The van der Waals surface area contributed by atoms with Crippen molar-refractivity contribution in [1.82, 2.24) is 15.1 Å². The highest BCUT2D eigenvalue weighted by Gasteiger charge is 2.21. The Morgan fingerprint density at radius 2 is 1.47 bits per heavy atom. The minimum atomic E-state index is -0.0795. The molecular formula is C23H29ClN4O2. The maximum absolute atomic E-state index is 12.3. The molecule has 30 heavy (non-hydrogen) atoms. The van der Waals surface area contributed by atoms with E-state index in [1.54, 1.807) is 12.1 Å². The molecule has 1 aliphatic rings. The Hall–Kier alpha value is -2.41. The van der Waals surface area contributed by atoms with Crippen LogP contribution in [0.15, 0.2) is 54.6 Å². The zero-order valence-electron chi connectivity index (χ0n) is 17.3. The lowest BCUT2D eigenvalue weighted by Gasteiger charge is -2.33. The molecule has 0 bridgehead atoms. The maximum Gasteiger partial charge on any atom is 0.238 e. The second-order valence-electron chi connectivity index (χ2n) is 7.70. The topological polar surface area (TPSA) is 64.7 Å². The van der Waals surface area contributed by atoms with E-state index < -0.39 is 0 Å². The monoisotopic (exact) mass is 428 g/mol. The molecule has 1 heterocycles. The van der Waals surface area contributed by atoms with Crippen molar-refractivity contribution < 1.29 is 9.59 Å². The van der Waals surface area contributed by atoms with E-state index in [9.17, 15) is 9.59 Å². The molecular weight excluding hydrogens is 400 g/mol. The summed E-state index contributed by atoms with van der Waals surface area (Å²) >= 11 is 6.09. The minimum absolute atomic E-state index is 0.0442. The van der Waals surface area contributed by atoms with E-state index in [1.807, 2.05) is 30.3 Å². The maximum atomic E-state index is 12.3. The molecule has 0 radical (unpaired) electrons. The highest BCUT2D eigenvalue weighted by molar-refractivity contribution is 6.33. The Balaban J connectivity index is 1.34. The van der Waals surface area contributed by atoms with Crippen LogP contribution in [0.5, 0.6) is 0 Å². The summed E-state index contributed by atoms with van der Waals surface area (Å²) in [5.41, 5.74) is 1.85. The summed E-state index contributed by atoms with van der Waals surface area (Å²) in [6.07, 6.45) is 0. The second-order valence-corrected chi connectivity index (χ2v) is 8.10. The third kappa shape index (κ3) is 6.83. The van der Waals surface area contributed by atoms with Gasteiger partial charge in [0.2, 0.25) is 11.8 Å². The molecule has 1 atom stereocenters. The number of nitrogens with one attached hydrogen (secondary N) is 2. The Morgan fingerprint density at radius 3 is 2.10 bits per heavy atom. The third-order valence-electron chi connectivity index (χ3n) is 5.32. The first-order chi connectivity index (χ1) is 14.5. The van der Waals surface area contributed by atoms with Gasteiger partial charge in [0, 0.05) is 32.7 Å². The number of amides is 2. The van der Waals surface area contributed by atoms with Crippen LogP contribution in [0.25, 0.3) is 0 Å². The number of rotatable bonds is 8. The fraction of sp³-hybridized carbons (Fsp3) is 0.391. The molecule has 2 amide bonds. The molecule has 2 aromatic carbocycles. The Kier molecular flexibility index (Phi) is 8.25. The van der Waals surface area contributed by atoms with Crippen molar-refractivity contribution in [2.45, 2.75) is 12.8 Å². The molecule has 0 saturated carbocycles. The van der Waals surface area contributed by atoms with E-state index in [2.05, 4.69) is 39.5 Å². The van der Waals surface area contributed by atoms with Crippen LogP contribution >= 0.6 is 11.6 Å². The normalized spacial score (nSPS) is 16.1. The highest BCUT2D eigenvalue weighted by Crippen LogP contribution is 2.20. The SMILES string of the molecule is C[C@H](CNC(=O)CN1CCN(CC(=O)Nc2ccccc2Cl)CC1)c1ccccc1. The Labute approximate surface area is 183 Å². The van der Waals surface area contributed by atoms with Crippen molar-refractivity contribution in [3.8, 4) is 0 Å². The molecule has 0 spiro atoms. The summed E-state index contributed by atoms with van der Waals surface area (Å²) in [5.74, 6) is 0.246. The molecule has 0 aliphatic carbocycles. The first-order valence-corrected chi connectivity index (χ1v) is 10.7. The smallest absolute Gasteiger partial charge is 0.238 e. The van der Waals surface area contributed by atoms with E-state index in [-0.39, 0.29) is 17.7 Å². The fourth-order valence-corrected chi connectivity index (χ4v) is 3.67. The van der Waals surface area contributed by atoms with Crippen LogP contribution < -0.4 is 10.6 Å². The summed E-state index contributed by atoms with van der Waals surface area (Å²) in [6.45, 7) is 6.49. The van der Waals surface area contributed by atoms with Gasteiger partial charge < -0.3 is 10.6 Å². The van der Waals surface area contributed by atoms with Gasteiger partial charge in [-0.15, -0.1) is 0 Å². The largest absolute Gasteiger partial charge is 0.354 e. The number of benzene rings is 2. The third-order valence-corrected chi connectivity index (χ3v) is 5.65. The highest BCUT2D eigenvalue weighted by atomic mass is 35.5. The van der Waals surface area contributed by atoms with Gasteiger partial charge in [0.1, 0.15) is 0 Å². The summed E-state index contributed by atoms with van der Waals surface area (Å²) < 4.78 is 0. The molecule has 0 unspecified atom stereocenters. The van der Waals surface area contributed by atoms with Crippen molar-refractivity contribution in [3.63, 3.8) is 0 Å². The molecule has 7 heteroatoms.